The smallest absolute Gasteiger partial charge is 0.333 e. The molecule has 0 spiro atoms. The zero-order valence-electron chi connectivity index (χ0n) is 9.41. The van der Waals surface area contributed by atoms with Crippen molar-refractivity contribution in [3.8, 4) is 0 Å². The van der Waals surface area contributed by atoms with Crippen LogP contribution in [0.1, 0.15) is 33.6 Å². The number of rotatable bonds is 6. The van der Waals surface area contributed by atoms with Gasteiger partial charge in [0.25, 0.3) is 0 Å². The highest BCUT2D eigenvalue weighted by molar-refractivity contribution is 5.73. The van der Waals surface area contributed by atoms with Crippen LogP contribution < -0.4 is 0 Å². The first-order valence-corrected chi connectivity index (χ1v) is 4.89. The molecule has 0 heterocycles. The van der Waals surface area contributed by atoms with Gasteiger partial charge in [-0.05, 0) is 6.42 Å². The summed E-state index contributed by atoms with van der Waals surface area (Å²) in [5, 5.41) is 8.91. The molecule has 0 bridgehead atoms. The predicted molar refractivity (Wildman–Crippen MR) is 56.3 cm³/mol. The Morgan fingerprint density at radius 3 is 2.50 bits per heavy atom. The lowest BCUT2D eigenvalue weighted by Crippen LogP contribution is -2.36. The topological polar surface area (TPSA) is 46.5 Å². The van der Waals surface area contributed by atoms with Crippen LogP contribution in [-0.4, -0.2) is 24.3 Å². The van der Waals surface area contributed by atoms with Crippen LogP contribution in [0.3, 0.4) is 0 Å². The number of carboxylic acids is 1. The number of ether oxygens (including phenoxy) is 1. The number of hydrogen-bond donors (Lipinski definition) is 1. The molecule has 14 heavy (non-hydrogen) atoms. The molecule has 0 aromatic carbocycles. The van der Waals surface area contributed by atoms with E-state index in [4.69, 9.17) is 9.84 Å². The van der Waals surface area contributed by atoms with Gasteiger partial charge in [0.05, 0.1) is 0 Å². The van der Waals surface area contributed by atoms with E-state index in [2.05, 4.69) is 6.92 Å². The number of methoxy groups -OCH3 is 1. The second-order valence-electron chi connectivity index (χ2n) is 3.97. The molecule has 0 aromatic rings. The lowest BCUT2D eigenvalue weighted by molar-refractivity contribution is -0.153. The Hall–Kier alpha value is -0.830. The summed E-state index contributed by atoms with van der Waals surface area (Å²) in [6.45, 7) is 5.81. The Balaban J connectivity index is 4.48. The minimum Gasteiger partial charge on any atom is -0.479 e. The van der Waals surface area contributed by atoms with Crippen molar-refractivity contribution in [1.82, 2.24) is 0 Å². The van der Waals surface area contributed by atoms with Gasteiger partial charge in [-0.3, -0.25) is 0 Å². The average molecular weight is 200 g/mol. The maximum absolute atomic E-state index is 10.9. The van der Waals surface area contributed by atoms with Gasteiger partial charge in [0.1, 0.15) is 0 Å². The Kier molecular flexibility index (Phi) is 5.46. The van der Waals surface area contributed by atoms with Crippen LogP contribution in [-0.2, 0) is 9.53 Å². The first kappa shape index (κ1) is 13.2. The molecule has 3 nitrogen and oxygen atoms in total. The molecular formula is C11H20O3. The number of hydrogen-bond acceptors (Lipinski definition) is 2. The highest BCUT2D eigenvalue weighted by Crippen LogP contribution is 2.25. The number of allylic oxidation sites excluding steroid dienone is 1. The average Bonchev–Trinajstić information content (AvgIpc) is 2.04. The van der Waals surface area contributed by atoms with E-state index in [1.807, 2.05) is 26.0 Å². The van der Waals surface area contributed by atoms with Gasteiger partial charge < -0.3 is 9.84 Å². The highest BCUT2D eigenvalue weighted by atomic mass is 16.5. The van der Waals surface area contributed by atoms with Gasteiger partial charge in [0.15, 0.2) is 6.10 Å². The molecule has 0 fully saturated rings. The molecule has 1 N–H and O–H groups in total. The molecule has 0 aliphatic rings. The lowest BCUT2D eigenvalue weighted by atomic mass is 9.85. The Bertz CT molecular complexity index is 207. The van der Waals surface area contributed by atoms with Crippen molar-refractivity contribution < 1.29 is 14.6 Å². The second-order valence-corrected chi connectivity index (χ2v) is 3.97. The monoisotopic (exact) mass is 200 g/mol. The molecule has 0 aliphatic heterocycles. The fraction of sp³-hybridized carbons (Fsp3) is 0.727. The Labute approximate surface area is 85.8 Å². The normalized spacial score (nSPS) is 14.6. The minimum atomic E-state index is -0.918. The second kappa shape index (κ2) is 5.81. The van der Waals surface area contributed by atoms with E-state index in [9.17, 15) is 4.79 Å². The van der Waals surface area contributed by atoms with Gasteiger partial charge in [-0.2, -0.15) is 0 Å². The summed E-state index contributed by atoms with van der Waals surface area (Å²) in [7, 11) is 1.42. The van der Waals surface area contributed by atoms with Gasteiger partial charge in [0.2, 0.25) is 0 Å². The van der Waals surface area contributed by atoms with Crippen LogP contribution >= 0.6 is 0 Å². The molecule has 0 rings (SSSR count). The van der Waals surface area contributed by atoms with E-state index in [-0.39, 0.29) is 0 Å². The first-order valence-electron chi connectivity index (χ1n) is 4.89. The summed E-state index contributed by atoms with van der Waals surface area (Å²) in [5.41, 5.74) is -0.463. The number of unbranched alkanes of at least 4 members (excludes halogenated alkanes) is 1. The molecule has 0 radical (unpaired) electrons. The van der Waals surface area contributed by atoms with E-state index >= 15 is 0 Å². The SMILES string of the molecule is CCC/C=C/C(C)(C)C(OC)C(=O)O. The van der Waals surface area contributed by atoms with Crippen molar-refractivity contribution in [3.63, 3.8) is 0 Å². The third-order valence-corrected chi connectivity index (χ3v) is 2.14. The van der Waals surface area contributed by atoms with Crippen LogP contribution in [0.5, 0.6) is 0 Å². The Morgan fingerprint density at radius 1 is 1.57 bits per heavy atom. The third kappa shape index (κ3) is 3.92. The molecule has 0 aliphatic carbocycles. The molecule has 0 amide bonds. The van der Waals surface area contributed by atoms with Crippen molar-refractivity contribution in [1.29, 1.82) is 0 Å². The van der Waals surface area contributed by atoms with Crippen molar-refractivity contribution in [2.24, 2.45) is 5.41 Å². The van der Waals surface area contributed by atoms with E-state index in [0.29, 0.717) is 0 Å². The van der Waals surface area contributed by atoms with E-state index in [1.165, 1.54) is 7.11 Å². The van der Waals surface area contributed by atoms with E-state index < -0.39 is 17.5 Å². The van der Waals surface area contributed by atoms with Crippen LogP contribution in [0.2, 0.25) is 0 Å². The zero-order valence-corrected chi connectivity index (χ0v) is 9.41. The van der Waals surface area contributed by atoms with Crippen molar-refractivity contribution in [3.05, 3.63) is 12.2 Å². The third-order valence-electron chi connectivity index (χ3n) is 2.14. The quantitative estimate of drug-likeness (QED) is 0.670. The van der Waals surface area contributed by atoms with Gasteiger partial charge in [-0.25, -0.2) is 4.79 Å². The molecule has 0 saturated carbocycles. The Morgan fingerprint density at radius 2 is 2.14 bits per heavy atom. The molecule has 0 saturated heterocycles. The lowest BCUT2D eigenvalue weighted by Gasteiger charge is -2.26. The van der Waals surface area contributed by atoms with Crippen molar-refractivity contribution in [2.75, 3.05) is 7.11 Å². The maximum atomic E-state index is 10.9. The summed E-state index contributed by atoms with van der Waals surface area (Å²) < 4.78 is 4.96. The molecular weight excluding hydrogens is 180 g/mol. The summed E-state index contributed by atoms with van der Waals surface area (Å²) in [6.07, 6.45) is 5.18. The number of aliphatic carboxylic acids is 1. The standard InChI is InChI=1S/C11H20O3/c1-5-6-7-8-11(2,3)9(14-4)10(12)13/h7-9H,5-6H2,1-4H3,(H,12,13)/b8-7+. The van der Waals surface area contributed by atoms with Crippen LogP contribution in [0, 0.1) is 5.41 Å². The van der Waals surface area contributed by atoms with Gasteiger partial charge in [-0.15, -0.1) is 0 Å². The van der Waals surface area contributed by atoms with Gasteiger partial charge >= 0.3 is 5.97 Å². The number of carbonyl (C=O) groups is 1. The highest BCUT2D eigenvalue weighted by Gasteiger charge is 2.32. The van der Waals surface area contributed by atoms with Gasteiger partial charge in [-0.1, -0.05) is 39.3 Å². The minimum absolute atomic E-state index is 0.463. The molecule has 82 valence electrons. The van der Waals surface area contributed by atoms with E-state index in [0.717, 1.165) is 12.8 Å². The summed E-state index contributed by atoms with van der Waals surface area (Å²) in [5.74, 6) is -0.918. The largest absolute Gasteiger partial charge is 0.479 e. The van der Waals surface area contributed by atoms with Gasteiger partial charge in [0, 0.05) is 12.5 Å². The summed E-state index contributed by atoms with van der Waals surface area (Å²) in [6, 6.07) is 0. The molecule has 1 atom stereocenters. The molecule has 1 unspecified atom stereocenters. The molecule has 0 aromatic heterocycles. The van der Waals surface area contributed by atoms with Crippen LogP contribution in [0.25, 0.3) is 0 Å². The van der Waals surface area contributed by atoms with Crippen LogP contribution in [0.4, 0.5) is 0 Å². The molecule has 3 heteroatoms. The zero-order chi connectivity index (χ0) is 11.2. The van der Waals surface area contributed by atoms with Crippen molar-refractivity contribution in [2.45, 2.75) is 39.7 Å². The fourth-order valence-electron chi connectivity index (χ4n) is 1.36. The number of carboxylic acid groups (broad SMARTS) is 1. The van der Waals surface area contributed by atoms with E-state index in [1.54, 1.807) is 0 Å². The first-order chi connectivity index (χ1) is 6.45. The maximum Gasteiger partial charge on any atom is 0.333 e. The van der Waals surface area contributed by atoms with Crippen LogP contribution in [0.15, 0.2) is 12.2 Å². The predicted octanol–water partition coefficient (Wildman–Crippen LogP) is 2.47. The fourth-order valence-corrected chi connectivity index (χ4v) is 1.36. The summed E-state index contributed by atoms with van der Waals surface area (Å²) >= 11 is 0. The van der Waals surface area contributed by atoms with Crippen molar-refractivity contribution >= 4 is 5.97 Å². The summed E-state index contributed by atoms with van der Waals surface area (Å²) in [4.78, 5) is 10.9.